The molecule has 0 aliphatic rings. The fourth-order valence-corrected chi connectivity index (χ4v) is 2.20. The fraction of sp³-hybridized carbons (Fsp3) is 0.353. The third-order valence-electron chi connectivity index (χ3n) is 3.43. The molecule has 21 heavy (non-hydrogen) atoms. The molecule has 1 heterocycles. The Labute approximate surface area is 125 Å². The SMILES string of the molecule is CC(CCc1ccco1)NC(=O)C(N)Cc1ccccc1. The Kier molecular flexibility index (Phi) is 5.58. The van der Waals surface area contributed by atoms with Crippen molar-refractivity contribution in [3.63, 3.8) is 0 Å². The topological polar surface area (TPSA) is 68.3 Å². The maximum atomic E-state index is 12.1. The van der Waals surface area contributed by atoms with Crippen molar-refractivity contribution in [2.24, 2.45) is 5.73 Å². The van der Waals surface area contributed by atoms with E-state index >= 15 is 0 Å². The van der Waals surface area contributed by atoms with Gasteiger partial charge in [0, 0.05) is 12.5 Å². The van der Waals surface area contributed by atoms with Crippen molar-refractivity contribution in [2.75, 3.05) is 0 Å². The third kappa shape index (κ3) is 5.08. The van der Waals surface area contributed by atoms with Gasteiger partial charge in [-0.1, -0.05) is 30.3 Å². The van der Waals surface area contributed by atoms with Crippen LogP contribution in [0.2, 0.25) is 0 Å². The minimum absolute atomic E-state index is 0.0735. The van der Waals surface area contributed by atoms with Crippen molar-refractivity contribution in [3.8, 4) is 0 Å². The van der Waals surface area contributed by atoms with Crippen LogP contribution in [0.15, 0.2) is 53.1 Å². The Morgan fingerprint density at radius 1 is 1.24 bits per heavy atom. The smallest absolute Gasteiger partial charge is 0.237 e. The summed E-state index contributed by atoms with van der Waals surface area (Å²) in [4.78, 5) is 12.1. The number of aryl methyl sites for hydroxylation is 1. The Morgan fingerprint density at radius 3 is 2.67 bits per heavy atom. The normalized spacial score (nSPS) is 13.6. The number of rotatable bonds is 7. The summed E-state index contributed by atoms with van der Waals surface area (Å²) in [6.45, 7) is 1.98. The van der Waals surface area contributed by atoms with Crippen LogP contribution in [0.4, 0.5) is 0 Å². The summed E-state index contributed by atoms with van der Waals surface area (Å²) in [5.74, 6) is 0.829. The lowest BCUT2D eigenvalue weighted by atomic mass is 10.1. The molecule has 4 nitrogen and oxygen atoms in total. The van der Waals surface area contributed by atoms with Gasteiger partial charge in [0.25, 0.3) is 0 Å². The second-order valence-corrected chi connectivity index (χ2v) is 5.32. The summed E-state index contributed by atoms with van der Waals surface area (Å²) >= 11 is 0. The number of carbonyl (C=O) groups is 1. The molecule has 2 rings (SSSR count). The van der Waals surface area contributed by atoms with Crippen molar-refractivity contribution in [1.29, 1.82) is 0 Å². The van der Waals surface area contributed by atoms with E-state index < -0.39 is 6.04 Å². The number of nitrogens with two attached hydrogens (primary N) is 1. The maximum Gasteiger partial charge on any atom is 0.237 e. The summed E-state index contributed by atoms with van der Waals surface area (Å²) in [5.41, 5.74) is 7.03. The van der Waals surface area contributed by atoms with Crippen LogP contribution in [0.3, 0.4) is 0 Å². The number of hydrogen-bond donors (Lipinski definition) is 2. The van der Waals surface area contributed by atoms with Gasteiger partial charge >= 0.3 is 0 Å². The first-order chi connectivity index (χ1) is 10.1. The minimum Gasteiger partial charge on any atom is -0.469 e. The first kappa shape index (κ1) is 15.3. The number of nitrogens with one attached hydrogen (secondary N) is 1. The van der Waals surface area contributed by atoms with Crippen molar-refractivity contribution in [2.45, 2.75) is 38.3 Å². The molecule has 0 bridgehead atoms. The zero-order valence-electron chi connectivity index (χ0n) is 12.3. The maximum absolute atomic E-state index is 12.1. The zero-order valence-corrected chi connectivity index (χ0v) is 12.3. The number of amides is 1. The molecular weight excluding hydrogens is 264 g/mol. The van der Waals surface area contributed by atoms with Crippen LogP contribution in [-0.4, -0.2) is 18.0 Å². The molecule has 1 amide bonds. The van der Waals surface area contributed by atoms with Crippen LogP contribution in [0.5, 0.6) is 0 Å². The largest absolute Gasteiger partial charge is 0.469 e. The first-order valence-corrected chi connectivity index (χ1v) is 7.27. The Hall–Kier alpha value is -2.07. The van der Waals surface area contributed by atoms with Crippen LogP contribution in [0.1, 0.15) is 24.7 Å². The van der Waals surface area contributed by atoms with Crippen LogP contribution in [-0.2, 0) is 17.6 Å². The van der Waals surface area contributed by atoms with Gasteiger partial charge in [-0.25, -0.2) is 0 Å². The molecule has 2 aromatic rings. The van der Waals surface area contributed by atoms with Crippen LogP contribution in [0, 0.1) is 0 Å². The Balaban J connectivity index is 1.74. The zero-order chi connectivity index (χ0) is 15.1. The summed E-state index contributed by atoms with van der Waals surface area (Å²) in [6.07, 6.45) is 3.85. The summed E-state index contributed by atoms with van der Waals surface area (Å²) in [6, 6.07) is 13.2. The average Bonchev–Trinajstić information content (AvgIpc) is 2.99. The molecule has 1 aromatic carbocycles. The standard InChI is InChI=1S/C17H22N2O2/c1-13(9-10-15-8-5-11-21-15)19-17(20)16(18)12-14-6-3-2-4-7-14/h2-8,11,13,16H,9-10,12,18H2,1H3,(H,19,20). The van der Waals surface area contributed by atoms with E-state index in [9.17, 15) is 4.79 Å². The van der Waals surface area contributed by atoms with E-state index in [4.69, 9.17) is 10.2 Å². The molecule has 4 heteroatoms. The minimum atomic E-state index is -0.515. The molecule has 0 saturated carbocycles. The van der Waals surface area contributed by atoms with Crippen LogP contribution < -0.4 is 11.1 Å². The first-order valence-electron chi connectivity index (χ1n) is 7.27. The molecule has 112 valence electrons. The lowest BCUT2D eigenvalue weighted by Crippen LogP contribution is -2.45. The molecule has 0 saturated heterocycles. The van der Waals surface area contributed by atoms with E-state index in [1.165, 1.54) is 0 Å². The van der Waals surface area contributed by atoms with E-state index in [0.29, 0.717) is 6.42 Å². The van der Waals surface area contributed by atoms with Gasteiger partial charge in [0.2, 0.25) is 5.91 Å². The highest BCUT2D eigenvalue weighted by molar-refractivity contribution is 5.82. The average molecular weight is 286 g/mol. The fourth-order valence-electron chi connectivity index (χ4n) is 2.20. The van der Waals surface area contributed by atoms with Gasteiger partial charge in [-0.2, -0.15) is 0 Å². The Bertz CT molecular complexity index is 537. The van der Waals surface area contributed by atoms with Crippen molar-refractivity contribution in [3.05, 3.63) is 60.1 Å². The van der Waals surface area contributed by atoms with Gasteiger partial charge in [0.05, 0.1) is 12.3 Å². The molecule has 0 spiro atoms. The van der Waals surface area contributed by atoms with Gasteiger partial charge in [-0.3, -0.25) is 4.79 Å². The second kappa shape index (κ2) is 7.64. The summed E-state index contributed by atoms with van der Waals surface area (Å²) in [7, 11) is 0. The predicted molar refractivity (Wildman–Crippen MR) is 82.8 cm³/mol. The third-order valence-corrected chi connectivity index (χ3v) is 3.43. The lowest BCUT2D eigenvalue weighted by molar-refractivity contribution is -0.123. The molecular formula is C17H22N2O2. The van der Waals surface area contributed by atoms with Gasteiger partial charge in [0.15, 0.2) is 0 Å². The van der Waals surface area contributed by atoms with E-state index in [1.54, 1.807) is 6.26 Å². The van der Waals surface area contributed by atoms with E-state index in [0.717, 1.165) is 24.2 Å². The second-order valence-electron chi connectivity index (χ2n) is 5.32. The predicted octanol–water partition coefficient (Wildman–Crippen LogP) is 2.29. The molecule has 0 fully saturated rings. The van der Waals surface area contributed by atoms with Gasteiger partial charge < -0.3 is 15.5 Å². The molecule has 1 aromatic heterocycles. The highest BCUT2D eigenvalue weighted by Crippen LogP contribution is 2.06. The Morgan fingerprint density at radius 2 is 2.00 bits per heavy atom. The number of benzene rings is 1. The molecule has 0 radical (unpaired) electrons. The number of hydrogen-bond acceptors (Lipinski definition) is 3. The highest BCUT2D eigenvalue weighted by Gasteiger charge is 2.16. The molecule has 3 N–H and O–H groups in total. The quantitative estimate of drug-likeness (QED) is 0.820. The van der Waals surface area contributed by atoms with Crippen molar-refractivity contribution >= 4 is 5.91 Å². The molecule has 2 unspecified atom stereocenters. The molecule has 2 atom stereocenters. The van der Waals surface area contributed by atoms with E-state index in [-0.39, 0.29) is 11.9 Å². The van der Waals surface area contributed by atoms with Crippen molar-refractivity contribution < 1.29 is 9.21 Å². The van der Waals surface area contributed by atoms with Crippen molar-refractivity contribution in [1.82, 2.24) is 5.32 Å². The van der Waals surface area contributed by atoms with Gasteiger partial charge in [-0.15, -0.1) is 0 Å². The van der Waals surface area contributed by atoms with E-state index in [2.05, 4.69) is 5.32 Å². The molecule has 0 aliphatic carbocycles. The van der Waals surface area contributed by atoms with Crippen LogP contribution in [0.25, 0.3) is 0 Å². The van der Waals surface area contributed by atoms with Gasteiger partial charge in [-0.05, 0) is 37.5 Å². The number of carbonyl (C=O) groups excluding carboxylic acids is 1. The summed E-state index contributed by atoms with van der Waals surface area (Å²) in [5, 5.41) is 2.96. The number of furan rings is 1. The summed E-state index contributed by atoms with van der Waals surface area (Å²) < 4.78 is 5.28. The van der Waals surface area contributed by atoms with E-state index in [1.807, 2.05) is 49.4 Å². The highest BCUT2D eigenvalue weighted by atomic mass is 16.3. The van der Waals surface area contributed by atoms with Gasteiger partial charge in [0.1, 0.15) is 5.76 Å². The van der Waals surface area contributed by atoms with Crippen LogP contribution >= 0.6 is 0 Å². The lowest BCUT2D eigenvalue weighted by Gasteiger charge is -2.17. The monoisotopic (exact) mass is 286 g/mol. The molecule has 0 aliphatic heterocycles.